The zero-order valence-electron chi connectivity index (χ0n) is 22.9. The minimum atomic E-state index is -0.477. The standard InChI is InChI=1S/C30H30FN9O2/c31-24-13-26-25(32-7-8-33-26)12-22(24)30-34-6-3-28(38-30)37-29-14-27(39-9-1-2-21(41)18-39)23(16-35-29)19-15-36-40(17-19)20-4-10-42-11-5-20/h3,6-8,12-17,20-21,41H,1-2,4-5,9-11,18H2,(H,34,35,37,38)/t21-/m0/s1. The summed E-state index contributed by atoms with van der Waals surface area (Å²) in [4.78, 5) is 24.2. The number of pyridine rings is 1. The topological polar surface area (TPSA) is 127 Å². The lowest BCUT2D eigenvalue weighted by molar-refractivity contribution is 0.0662. The zero-order chi connectivity index (χ0) is 28.5. The maximum Gasteiger partial charge on any atom is 0.164 e. The third-order valence-corrected chi connectivity index (χ3v) is 7.81. The third-order valence-electron chi connectivity index (χ3n) is 7.81. The fourth-order valence-corrected chi connectivity index (χ4v) is 5.64. The highest BCUT2D eigenvalue weighted by Gasteiger charge is 2.23. The summed E-state index contributed by atoms with van der Waals surface area (Å²) in [6, 6.07) is 6.93. The number of aliphatic hydroxyl groups excluding tert-OH is 1. The number of piperidine rings is 1. The first-order valence-electron chi connectivity index (χ1n) is 14.2. The van der Waals surface area contributed by atoms with Gasteiger partial charge < -0.3 is 20.1 Å². The summed E-state index contributed by atoms with van der Waals surface area (Å²) in [5.74, 6) is 0.785. The largest absolute Gasteiger partial charge is 0.391 e. The van der Waals surface area contributed by atoms with E-state index in [-0.39, 0.29) is 11.4 Å². The summed E-state index contributed by atoms with van der Waals surface area (Å²) in [5.41, 5.74) is 4.11. The molecule has 2 saturated heterocycles. The van der Waals surface area contributed by atoms with E-state index in [2.05, 4.69) is 41.4 Å². The van der Waals surface area contributed by atoms with Crippen LogP contribution in [-0.4, -0.2) is 72.2 Å². The van der Waals surface area contributed by atoms with Gasteiger partial charge >= 0.3 is 0 Å². The van der Waals surface area contributed by atoms with Crippen LogP contribution in [0.4, 0.5) is 21.7 Å². The number of aromatic nitrogens is 7. The minimum Gasteiger partial charge on any atom is -0.391 e. The van der Waals surface area contributed by atoms with Crippen LogP contribution in [0.1, 0.15) is 31.7 Å². The van der Waals surface area contributed by atoms with Gasteiger partial charge in [-0.1, -0.05) is 0 Å². The number of rotatable bonds is 6. The van der Waals surface area contributed by atoms with Gasteiger partial charge in [0.05, 0.1) is 40.6 Å². The van der Waals surface area contributed by atoms with Gasteiger partial charge in [-0.05, 0) is 37.8 Å². The molecule has 6 heterocycles. The van der Waals surface area contributed by atoms with Crippen LogP contribution in [0.5, 0.6) is 0 Å². The minimum absolute atomic E-state index is 0.224. The summed E-state index contributed by atoms with van der Waals surface area (Å²) < 4.78 is 22.5. The molecule has 0 unspecified atom stereocenters. The number of benzene rings is 1. The van der Waals surface area contributed by atoms with Gasteiger partial charge in [-0.15, -0.1) is 0 Å². The van der Waals surface area contributed by atoms with E-state index in [1.165, 1.54) is 12.3 Å². The fourth-order valence-electron chi connectivity index (χ4n) is 5.64. The van der Waals surface area contributed by atoms with E-state index < -0.39 is 11.9 Å². The van der Waals surface area contributed by atoms with Crippen LogP contribution < -0.4 is 10.2 Å². The molecule has 42 heavy (non-hydrogen) atoms. The van der Waals surface area contributed by atoms with Crippen molar-refractivity contribution in [2.45, 2.75) is 37.8 Å². The second-order valence-corrected chi connectivity index (χ2v) is 10.6. The molecule has 2 aliphatic rings. The van der Waals surface area contributed by atoms with Gasteiger partial charge in [-0.2, -0.15) is 5.10 Å². The molecule has 1 atom stereocenters. The number of aliphatic hydroxyl groups is 1. The number of halogens is 1. The first kappa shape index (κ1) is 26.4. The molecule has 7 rings (SSSR count). The molecule has 2 N–H and O–H groups in total. The third kappa shape index (κ3) is 5.38. The summed E-state index contributed by atoms with van der Waals surface area (Å²) >= 11 is 0. The Morgan fingerprint density at radius 3 is 2.57 bits per heavy atom. The van der Waals surface area contributed by atoms with E-state index in [1.807, 2.05) is 23.1 Å². The Morgan fingerprint density at radius 2 is 1.74 bits per heavy atom. The van der Waals surface area contributed by atoms with Crippen molar-refractivity contribution >= 4 is 28.4 Å². The van der Waals surface area contributed by atoms with Crippen LogP contribution in [0.3, 0.4) is 0 Å². The van der Waals surface area contributed by atoms with Crippen LogP contribution >= 0.6 is 0 Å². The lowest BCUT2D eigenvalue weighted by Gasteiger charge is -2.33. The van der Waals surface area contributed by atoms with Crippen molar-refractivity contribution in [3.63, 3.8) is 0 Å². The number of fused-ring (bicyclic) bond motifs is 1. The van der Waals surface area contributed by atoms with Crippen molar-refractivity contribution < 1.29 is 14.2 Å². The van der Waals surface area contributed by atoms with Gasteiger partial charge in [0, 0.05) is 80.5 Å². The number of hydrogen-bond acceptors (Lipinski definition) is 10. The Labute approximate surface area is 241 Å². The molecule has 2 aliphatic heterocycles. The van der Waals surface area contributed by atoms with Gasteiger partial charge in [0.25, 0.3) is 0 Å². The highest BCUT2D eigenvalue weighted by molar-refractivity contribution is 5.81. The van der Waals surface area contributed by atoms with Crippen LogP contribution in [0.2, 0.25) is 0 Å². The summed E-state index contributed by atoms with van der Waals surface area (Å²) in [6.45, 7) is 2.84. The van der Waals surface area contributed by atoms with Gasteiger partial charge in [0.15, 0.2) is 5.82 Å². The first-order chi connectivity index (χ1) is 20.6. The van der Waals surface area contributed by atoms with Crippen molar-refractivity contribution in [2.24, 2.45) is 0 Å². The maximum absolute atomic E-state index is 15.0. The number of nitrogens with zero attached hydrogens (tertiary/aromatic N) is 8. The Bertz CT molecular complexity index is 1720. The molecule has 0 radical (unpaired) electrons. The molecule has 0 aliphatic carbocycles. The molecule has 11 nitrogen and oxygen atoms in total. The van der Waals surface area contributed by atoms with Gasteiger partial charge in [0.2, 0.25) is 0 Å². The number of anilines is 3. The van der Waals surface area contributed by atoms with Crippen LogP contribution in [0.15, 0.2) is 61.4 Å². The molecule has 0 saturated carbocycles. The van der Waals surface area contributed by atoms with Crippen molar-refractivity contribution in [3.8, 4) is 22.5 Å². The van der Waals surface area contributed by atoms with Gasteiger partial charge in [-0.25, -0.2) is 19.3 Å². The van der Waals surface area contributed by atoms with E-state index in [0.717, 1.165) is 62.3 Å². The number of ether oxygens (including phenoxy) is 1. The maximum atomic E-state index is 15.0. The fraction of sp³-hybridized carbons (Fsp3) is 0.333. The average molecular weight is 568 g/mol. The Morgan fingerprint density at radius 1 is 0.905 bits per heavy atom. The van der Waals surface area contributed by atoms with Crippen LogP contribution in [0.25, 0.3) is 33.5 Å². The SMILES string of the molecule is O[C@H]1CCCN(c2cc(Nc3ccnc(-c4cc5nccnc5cc4F)n3)ncc2-c2cnn(C3CCOCC3)c2)C1. The monoisotopic (exact) mass is 567 g/mol. The molecule has 2 fully saturated rings. The molecular weight excluding hydrogens is 537 g/mol. The van der Waals surface area contributed by atoms with E-state index in [9.17, 15) is 9.50 Å². The van der Waals surface area contributed by atoms with E-state index in [0.29, 0.717) is 35.3 Å². The predicted molar refractivity (Wildman–Crippen MR) is 156 cm³/mol. The Kier molecular flexibility index (Phi) is 7.14. The lowest BCUT2D eigenvalue weighted by Crippen LogP contribution is -2.38. The Balaban J connectivity index is 1.20. The molecule has 0 bridgehead atoms. The normalized spacial score (nSPS) is 18.0. The molecule has 12 heteroatoms. The van der Waals surface area contributed by atoms with Crippen LogP contribution in [-0.2, 0) is 4.74 Å². The molecule has 5 aromatic rings. The summed E-state index contributed by atoms with van der Waals surface area (Å²) in [7, 11) is 0. The highest BCUT2D eigenvalue weighted by Crippen LogP contribution is 2.35. The molecule has 4 aromatic heterocycles. The van der Waals surface area contributed by atoms with Crippen molar-refractivity contribution in [3.05, 3.63) is 67.3 Å². The molecule has 0 spiro atoms. The second kappa shape index (κ2) is 11.4. The lowest BCUT2D eigenvalue weighted by atomic mass is 10.0. The number of β-amino-alcohol motifs (C(OH)–C–C–N with tert-alkyl or cyclic N) is 1. The van der Waals surface area contributed by atoms with Gasteiger partial charge in [-0.3, -0.25) is 14.6 Å². The Hall–Kier alpha value is -4.55. The van der Waals surface area contributed by atoms with Gasteiger partial charge in [0.1, 0.15) is 17.5 Å². The summed E-state index contributed by atoms with van der Waals surface area (Å²) in [6.07, 6.45) is 13.6. The van der Waals surface area contributed by atoms with E-state index in [4.69, 9.17) is 9.72 Å². The van der Waals surface area contributed by atoms with E-state index in [1.54, 1.807) is 24.5 Å². The number of hydrogen-bond donors (Lipinski definition) is 2. The average Bonchev–Trinajstić information content (AvgIpc) is 3.52. The number of nitrogens with one attached hydrogen (secondary N) is 1. The first-order valence-corrected chi connectivity index (χ1v) is 14.2. The van der Waals surface area contributed by atoms with E-state index >= 15 is 0 Å². The van der Waals surface area contributed by atoms with Crippen molar-refractivity contribution in [1.82, 2.24) is 34.7 Å². The predicted octanol–water partition coefficient (Wildman–Crippen LogP) is 4.54. The zero-order valence-corrected chi connectivity index (χ0v) is 22.9. The molecule has 1 aromatic carbocycles. The molecular formula is C30H30FN9O2. The quantitative estimate of drug-likeness (QED) is 0.302. The van der Waals surface area contributed by atoms with Crippen molar-refractivity contribution in [1.29, 1.82) is 0 Å². The van der Waals surface area contributed by atoms with Crippen LogP contribution in [0, 0.1) is 5.82 Å². The molecule has 0 amide bonds. The second-order valence-electron chi connectivity index (χ2n) is 10.6. The smallest absolute Gasteiger partial charge is 0.164 e. The highest BCUT2D eigenvalue weighted by atomic mass is 19.1. The molecule has 214 valence electrons. The van der Waals surface area contributed by atoms with Crippen molar-refractivity contribution in [2.75, 3.05) is 36.5 Å². The summed E-state index contributed by atoms with van der Waals surface area (Å²) in [5, 5.41) is 18.4.